The van der Waals surface area contributed by atoms with Crippen molar-refractivity contribution in [3.05, 3.63) is 63.4 Å². The number of hydrogen-bond donors (Lipinski definition) is 1. The maximum Gasteiger partial charge on any atom is 0.253 e. The normalized spacial score (nSPS) is 26.6. The van der Waals surface area contributed by atoms with Crippen LogP contribution in [0.3, 0.4) is 0 Å². The molecule has 1 N–H and O–H groups in total. The van der Waals surface area contributed by atoms with Crippen molar-refractivity contribution >= 4 is 22.9 Å². The lowest BCUT2D eigenvalue weighted by Gasteiger charge is -2.37. The largest absolute Gasteiger partial charge is 0.377 e. The molecule has 0 saturated carbocycles. The lowest BCUT2D eigenvalue weighted by atomic mass is 9.78. The zero-order valence-corrected chi connectivity index (χ0v) is 17.5. The van der Waals surface area contributed by atoms with E-state index >= 15 is 0 Å². The number of nitrogens with one attached hydrogen (secondary N) is 1. The van der Waals surface area contributed by atoms with Gasteiger partial charge >= 0.3 is 0 Å². The number of piperidine rings is 1. The molecule has 1 saturated heterocycles. The standard InChI is InChI=1S/C24H28N2OS/c1-15-8-11-26(12-9-15)24(27)17-6-7-21-20(14-17)18-4-3-5-19(18)22(25-21)23-16(2)10-13-28-23/h3-4,6-7,10,13-15,18-19,22,25H,5,8-9,11-12H2,1-2H3. The number of likely N-dealkylation sites (tertiary alicyclic amines) is 1. The van der Waals surface area contributed by atoms with Gasteiger partial charge < -0.3 is 10.2 Å². The number of thiophene rings is 1. The highest BCUT2D eigenvalue weighted by Gasteiger charge is 2.39. The average molecular weight is 393 g/mol. The monoisotopic (exact) mass is 392 g/mol. The molecule has 1 aromatic heterocycles. The van der Waals surface area contributed by atoms with E-state index in [4.69, 9.17) is 0 Å². The Kier molecular flexibility index (Phi) is 4.54. The molecule has 5 rings (SSSR count). The van der Waals surface area contributed by atoms with E-state index in [1.807, 2.05) is 22.3 Å². The van der Waals surface area contributed by atoms with Crippen LogP contribution in [-0.4, -0.2) is 23.9 Å². The van der Waals surface area contributed by atoms with Gasteiger partial charge in [0, 0.05) is 35.1 Å². The third-order valence-corrected chi connectivity index (χ3v) is 7.97. The Morgan fingerprint density at radius 1 is 1.21 bits per heavy atom. The van der Waals surface area contributed by atoms with Gasteiger partial charge in [-0.2, -0.15) is 0 Å². The summed E-state index contributed by atoms with van der Waals surface area (Å²) in [5, 5.41) is 6.00. The summed E-state index contributed by atoms with van der Waals surface area (Å²) in [6.45, 7) is 6.27. The Morgan fingerprint density at radius 2 is 2.04 bits per heavy atom. The first-order valence-corrected chi connectivity index (χ1v) is 11.4. The smallest absolute Gasteiger partial charge is 0.253 e. The van der Waals surface area contributed by atoms with Crippen molar-refractivity contribution in [2.45, 2.75) is 45.1 Å². The molecule has 2 aliphatic heterocycles. The molecule has 3 aliphatic rings. The number of anilines is 1. The van der Waals surface area contributed by atoms with Crippen molar-refractivity contribution in [3.63, 3.8) is 0 Å². The summed E-state index contributed by atoms with van der Waals surface area (Å²) in [7, 11) is 0. The average Bonchev–Trinajstić information content (AvgIpc) is 3.36. The van der Waals surface area contributed by atoms with Gasteiger partial charge in [0.25, 0.3) is 5.91 Å². The second-order valence-corrected chi connectivity index (χ2v) is 9.67. The molecule has 0 spiro atoms. The predicted molar refractivity (Wildman–Crippen MR) is 116 cm³/mol. The summed E-state index contributed by atoms with van der Waals surface area (Å²) in [6.07, 6.45) is 8.02. The number of hydrogen-bond acceptors (Lipinski definition) is 3. The fourth-order valence-electron chi connectivity index (χ4n) is 5.08. The van der Waals surface area contributed by atoms with E-state index in [1.165, 1.54) is 21.7 Å². The molecule has 28 heavy (non-hydrogen) atoms. The molecule has 146 valence electrons. The van der Waals surface area contributed by atoms with Crippen LogP contribution in [0.15, 0.2) is 41.8 Å². The molecule has 1 aromatic carbocycles. The van der Waals surface area contributed by atoms with Gasteiger partial charge in [-0.1, -0.05) is 19.1 Å². The molecule has 0 radical (unpaired) electrons. The van der Waals surface area contributed by atoms with Crippen LogP contribution in [0.25, 0.3) is 0 Å². The molecule has 3 unspecified atom stereocenters. The van der Waals surface area contributed by atoms with Crippen LogP contribution in [0.4, 0.5) is 5.69 Å². The summed E-state index contributed by atoms with van der Waals surface area (Å²) < 4.78 is 0. The maximum atomic E-state index is 13.1. The molecule has 1 fully saturated rings. The molecule has 1 aliphatic carbocycles. The third kappa shape index (κ3) is 2.98. The number of allylic oxidation sites excluding steroid dienone is 2. The molecule has 0 bridgehead atoms. The van der Waals surface area contributed by atoms with Crippen LogP contribution in [0, 0.1) is 18.8 Å². The topological polar surface area (TPSA) is 32.3 Å². The van der Waals surface area contributed by atoms with E-state index in [2.05, 4.69) is 54.9 Å². The number of fused-ring (bicyclic) bond motifs is 3. The fourth-order valence-corrected chi connectivity index (χ4v) is 6.14. The van der Waals surface area contributed by atoms with Gasteiger partial charge in [-0.25, -0.2) is 0 Å². The molecule has 2 aromatic rings. The number of benzene rings is 1. The molecular weight excluding hydrogens is 364 g/mol. The first-order valence-electron chi connectivity index (χ1n) is 10.5. The van der Waals surface area contributed by atoms with Crippen molar-refractivity contribution in [1.82, 2.24) is 4.90 Å². The molecule has 3 nitrogen and oxygen atoms in total. The molecule has 4 heteroatoms. The van der Waals surface area contributed by atoms with Gasteiger partial charge in [0.05, 0.1) is 6.04 Å². The van der Waals surface area contributed by atoms with Crippen LogP contribution in [0.2, 0.25) is 0 Å². The number of aryl methyl sites for hydroxylation is 1. The van der Waals surface area contributed by atoms with Gasteiger partial charge in [-0.05, 0) is 78.8 Å². The highest BCUT2D eigenvalue weighted by atomic mass is 32.1. The Hall–Kier alpha value is -2.07. The molecule has 1 amide bonds. The minimum Gasteiger partial charge on any atom is -0.377 e. The van der Waals surface area contributed by atoms with E-state index in [-0.39, 0.29) is 5.91 Å². The lowest BCUT2D eigenvalue weighted by Crippen LogP contribution is -2.38. The van der Waals surface area contributed by atoms with Gasteiger partial charge in [-0.15, -0.1) is 11.3 Å². The van der Waals surface area contributed by atoms with Crippen LogP contribution < -0.4 is 5.32 Å². The molecular formula is C24H28N2OS. The number of carbonyl (C=O) groups excluding carboxylic acids is 1. The number of rotatable bonds is 2. The van der Waals surface area contributed by atoms with E-state index < -0.39 is 0 Å². The van der Waals surface area contributed by atoms with Crippen molar-refractivity contribution in [1.29, 1.82) is 0 Å². The Labute approximate surface area is 171 Å². The predicted octanol–water partition coefficient (Wildman–Crippen LogP) is 5.76. The van der Waals surface area contributed by atoms with Gasteiger partial charge in [0.2, 0.25) is 0 Å². The highest BCUT2D eigenvalue weighted by Crippen LogP contribution is 2.51. The summed E-state index contributed by atoms with van der Waals surface area (Å²) >= 11 is 1.86. The van der Waals surface area contributed by atoms with Crippen molar-refractivity contribution < 1.29 is 4.79 Å². The summed E-state index contributed by atoms with van der Waals surface area (Å²) in [5.41, 5.74) is 4.71. The minimum absolute atomic E-state index is 0.199. The van der Waals surface area contributed by atoms with Crippen LogP contribution in [0.1, 0.15) is 64.5 Å². The van der Waals surface area contributed by atoms with Gasteiger partial charge in [0.1, 0.15) is 0 Å². The van der Waals surface area contributed by atoms with E-state index in [0.717, 1.165) is 43.8 Å². The Balaban J connectivity index is 1.45. The highest BCUT2D eigenvalue weighted by molar-refractivity contribution is 7.10. The zero-order valence-electron chi connectivity index (χ0n) is 16.7. The number of nitrogens with zero attached hydrogens (tertiary/aromatic N) is 1. The van der Waals surface area contributed by atoms with Crippen molar-refractivity contribution in [2.24, 2.45) is 11.8 Å². The van der Waals surface area contributed by atoms with Crippen molar-refractivity contribution in [2.75, 3.05) is 18.4 Å². The van der Waals surface area contributed by atoms with Crippen LogP contribution in [0.5, 0.6) is 0 Å². The SMILES string of the molecule is Cc1ccsc1C1Nc2ccc(C(=O)N3CCC(C)CC3)cc2C2C=CCC21. The minimum atomic E-state index is 0.199. The molecule has 3 heterocycles. The Bertz CT molecular complexity index is 922. The Morgan fingerprint density at radius 3 is 2.79 bits per heavy atom. The quantitative estimate of drug-likeness (QED) is 0.660. The maximum absolute atomic E-state index is 13.1. The van der Waals surface area contributed by atoms with E-state index in [9.17, 15) is 4.79 Å². The lowest BCUT2D eigenvalue weighted by molar-refractivity contribution is 0.0697. The fraction of sp³-hybridized carbons (Fsp3) is 0.458. The summed E-state index contributed by atoms with van der Waals surface area (Å²) in [5.74, 6) is 1.87. The molecule has 3 atom stereocenters. The second-order valence-electron chi connectivity index (χ2n) is 8.72. The van der Waals surface area contributed by atoms with E-state index in [0.29, 0.717) is 17.9 Å². The van der Waals surface area contributed by atoms with Gasteiger partial charge in [0.15, 0.2) is 0 Å². The summed E-state index contributed by atoms with van der Waals surface area (Å²) in [6, 6.07) is 8.89. The second kappa shape index (κ2) is 7.07. The first kappa shape index (κ1) is 18.0. The zero-order chi connectivity index (χ0) is 19.3. The number of amides is 1. The van der Waals surface area contributed by atoms with E-state index in [1.54, 1.807) is 0 Å². The van der Waals surface area contributed by atoms with Crippen LogP contribution >= 0.6 is 11.3 Å². The third-order valence-electron chi connectivity index (χ3n) is 6.86. The van der Waals surface area contributed by atoms with Crippen LogP contribution in [-0.2, 0) is 0 Å². The van der Waals surface area contributed by atoms with Crippen molar-refractivity contribution in [3.8, 4) is 0 Å². The summed E-state index contributed by atoms with van der Waals surface area (Å²) in [4.78, 5) is 16.6. The van der Waals surface area contributed by atoms with Gasteiger partial charge in [-0.3, -0.25) is 4.79 Å². The first-order chi connectivity index (χ1) is 13.6. The number of carbonyl (C=O) groups is 1.